The van der Waals surface area contributed by atoms with Gasteiger partial charge >= 0.3 is 0 Å². The fourth-order valence-corrected chi connectivity index (χ4v) is 4.53. The average molecular weight is 381 g/mol. The molecule has 3 N–H and O–H groups in total. The van der Waals surface area contributed by atoms with Crippen molar-refractivity contribution in [2.75, 3.05) is 5.32 Å². The van der Waals surface area contributed by atoms with Gasteiger partial charge in [0.15, 0.2) is 0 Å². The minimum Gasteiger partial charge on any atom is -0.507 e. The first kappa shape index (κ1) is 18.8. The van der Waals surface area contributed by atoms with Crippen LogP contribution in [0.25, 0.3) is 0 Å². The molecule has 0 aliphatic carbocycles. The van der Waals surface area contributed by atoms with Crippen LogP contribution in [0, 0.1) is 0 Å². The number of rotatable bonds is 3. The zero-order valence-corrected chi connectivity index (χ0v) is 16.8. The maximum Gasteiger partial charge on any atom is 0.239 e. The summed E-state index contributed by atoms with van der Waals surface area (Å²) in [4.78, 5) is 13.3. The molecule has 4 rings (SSSR count). The van der Waals surface area contributed by atoms with Gasteiger partial charge < -0.3 is 20.3 Å². The molecule has 1 unspecified atom stereocenters. The zero-order chi connectivity index (χ0) is 20.3. The normalized spacial score (nSPS) is 22.8. The van der Waals surface area contributed by atoms with E-state index in [0.29, 0.717) is 17.0 Å². The lowest BCUT2D eigenvalue weighted by Gasteiger charge is -2.37. The summed E-state index contributed by atoms with van der Waals surface area (Å²) in [5.41, 5.74) is 0.402. The standard InChI is InChI=1S/C23H27NO4/c1-21(2,27)13-23(15-7-5-6-8-17(15)24-20(23)26)16-11-14-9-10-22(3,4)28-19(14)12-18(16)25/h5-8,11-12,25,27H,9-10,13H2,1-4H3,(H,24,26). The minimum absolute atomic E-state index is 0.00699. The molecule has 0 bridgehead atoms. The third-order valence-electron chi connectivity index (χ3n) is 5.74. The van der Waals surface area contributed by atoms with Crippen molar-refractivity contribution in [3.05, 3.63) is 53.1 Å². The Morgan fingerprint density at radius 1 is 1.18 bits per heavy atom. The van der Waals surface area contributed by atoms with E-state index in [1.54, 1.807) is 19.9 Å². The Balaban J connectivity index is 1.94. The highest BCUT2D eigenvalue weighted by molar-refractivity contribution is 6.09. The molecule has 1 atom stereocenters. The Labute approximate surface area is 165 Å². The van der Waals surface area contributed by atoms with Crippen LogP contribution < -0.4 is 10.1 Å². The molecule has 0 spiro atoms. The molecule has 2 aliphatic rings. The molecular weight excluding hydrogens is 354 g/mol. The number of anilines is 1. The highest BCUT2D eigenvalue weighted by Gasteiger charge is 2.52. The van der Waals surface area contributed by atoms with Crippen molar-refractivity contribution in [3.8, 4) is 11.5 Å². The van der Waals surface area contributed by atoms with Crippen molar-refractivity contribution < 1.29 is 19.7 Å². The summed E-state index contributed by atoms with van der Waals surface area (Å²) >= 11 is 0. The molecule has 2 aromatic carbocycles. The smallest absolute Gasteiger partial charge is 0.239 e. The van der Waals surface area contributed by atoms with Gasteiger partial charge in [-0.2, -0.15) is 0 Å². The van der Waals surface area contributed by atoms with E-state index in [1.807, 2.05) is 44.2 Å². The number of hydrogen-bond acceptors (Lipinski definition) is 4. The molecule has 2 heterocycles. The lowest BCUT2D eigenvalue weighted by atomic mass is 9.68. The van der Waals surface area contributed by atoms with Gasteiger partial charge in [0.25, 0.3) is 0 Å². The van der Waals surface area contributed by atoms with Crippen molar-refractivity contribution >= 4 is 11.6 Å². The van der Waals surface area contributed by atoms with E-state index in [4.69, 9.17) is 4.74 Å². The van der Waals surface area contributed by atoms with Gasteiger partial charge in [0, 0.05) is 17.3 Å². The summed E-state index contributed by atoms with van der Waals surface area (Å²) in [6.45, 7) is 7.42. The number of ether oxygens (including phenoxy) is 1. The van der Waals surface area contributed by atoms with Crippen LogP contribution in [0.5, 0.6) is 11.5 Å². The second-order valence-corrected chi connectivity index (χ2v) is 9.23. The first-order chi connectivity index (χ1) is 13.0. The Morgan fingerprint density at radius 3 is 2.61 bits per heavy atom. The number of fused-ring (bicyclic) bond motifs is 2. The number of hydrogen-bond donors (Lipinski definition) is 3. The number of para-hydroxylation sites is 1. The van der Waals surface area contributed by atoms with Crippen LogP contribution in [0.4, 0.5) is 5.69 Å². The molecule has 2 aromatic rings. The predicted octanol–water partition coefficient (Wildman–Crippen LogP) is 3.90. The third-order valence-corrected chi connectivity index (χ3v) is 5.74. The molecule has 2 aliphatic heterocycles. The maximum absolute atomic E-state index is 13.3. The minimum atomic E-state index is -1.17. The lowest BCUT2D eigenvalue weighted by molar-refractivity contribution is -0.121. The fraction of sp³-hybridized carbons (Fsp3) is 0.435. The second kappa shape index (κ2) is 5.98. The number of carbonyl (C=O) groups is 1. The first-order valence-corrected chi connectivity index (χ1v) is 9.71. The highest BCUT2D eigenvalue weighted by atomic mass is 16.5. The van der Waals surface area contributed by atoms with Gasteiger partial charge in [0.05, 0.1) is 5.60 Å². The van der Waals surface area contributed by atoms with E-state index in [9.17, 15) is 15.0 Å². The van der Waals surface area contributed by atoms with Crippen LogP contribution in [0.1, 0.15) is 57.2 Å². The van der Waals surface area contributed by atoms with Crippen molar-refractivity contribution in [2.24, 2.45) is 0 Å². The van der Waals surface area contributed by atoms with E-state index >= 15 is 0 Å². The van der Waals surface area contributed by atoms with E-state index in [-0.39, 0.29) is 23.7 Å². The molecule has 5 heteroatoms. The number of phenolic OH excluding ortho intramolecular Hbond substituents is 1. The summed E-state index contributed by atoms with van der Waals surface area (Å²) in [6.07, 6.45) is 1.81. The van der Waals surface area contributed by atoms with E-state index < -0.39 is 11.0 Å². The van der Waals surface area contributed by atoms with Crippen LogP contribution in [-0.2, 0) is 16.6 Å². The number of phenols is 1. The summed E-state index contributed by atoms with van der Waals surface area (Å²) in [5.74, 6) is 0.429. The Bertz CT molecular complexity index is 958. The monoisotopic (exact) mass is 381 g/mol. The van der Waals surface area contributed by atoms with E-state index in [1.165, 1.54) is 0 Å². The molecule has 148 valence electrons. The van der Waals surface area contributed by atoms with E-state index in [0.717, 1.165) is 24.0 Å². The summed E-state index contributed by atoms with van der Waals surface area (Å²) < 4.78 is 6.04. The number of benzene rings is 2. The topological polar surface area (TPSA) is 78.8 Å². The molecule has 0 saturated heterocycles. The van der Waals surface area contributed by atoms with Gasteiger partial charge in [-0.1, -0.05) is 18.2 Å². The Hall–Kier alpha value is -2.53. The van der Waals surface area contributed by atoms with Crippen molar-refractivity contribution in [1.29, 1.82) is 0 Å². The zero-order valence-electron chi connectivity index (χ0n) is 16.8. The van der Waals surface area contributed by atoms with Gasteiger partial charge in [-0.3, -0.25) is 4.79 Å². The van der Waals surface area contributed by atoms with Crippen LogP contribution in [0.2, 0.25) is 0 Å². The summed E-state index contributed by atoms with van der Waals surface area (Å²) in [6, 6.07) is 11.0. The van der Waals surface area contributed by atoms with Crippen molar-refractivity contribution in [1.82, 2.24) is 0 Å². The lowest BCUT2D eigenvalue weighted by Crippen LogP contribution is -2.42. The van der Waals surface area contributed by atoms with Crippen molar-refractivity contribution in [2.45, 2.75) is 63.6 Å². The van der Waals surface area contributed by atoms with Crippen LogP contribution in [0.15, 0.2) is 36.4 Å². The van der Waals surface area contributed by atoms with Gasteiger partial charge in [0.1, 0.15) is 22.5 Å². The van der Waals surface area contributed by atoms with Gasteiger partial charge in [-0.05, 0) is 70.2 Å². The largest absolute Gasteiger partial charge is 0.507 e. The van der Waals surface area contributed by atoms with Crippen molar-refractivity contribution in [3.63, 3.8) is 0 Å². The molecule has 0 radical (unpaired) electrons. The number of aryl methyl sites for hydroxylation is 1. The summed E-state index contributed by atoms with van der Waals surface area (Å²) in [5, 5.41) is 24.6. The number of nitrogens with one attached hydrogen (secondary N) is 1. The number of aliphatic hydroxyl groups is 1. The average Bonchev–Trinajstić information content (AvgIpc) is 2.84. The highest BCUT2D eigenvalue weighted by Crippen LogP contribution is 2.51. The molecule has 1 amide bonds. The van der Waals surface area contributed by atoms with Crippen LogP contribution in [0.3, 0.4) is 0 Å². The number of carbonyl (C=O) groups excluding carboxylic acids is 1. The SMILES string of the molecule is CC(C)(O)CC1(c2cc3c(cc2O)OC(C)(C)CC3)C(=O)Nc2ccccc21. The molecule has 28 heavy (non-hydrogen) atoms. The molecule has 0 fully saturated rings. The second-order valence-electron chi connectivity index (χ2n) is 9.23. The fourth-order valence-electron chi connectivity index (χ4n) is 4.53. The number of aromatic hydroxyl groups is 1. The molecule has 0 aromatic heterocycles. The quantitative estimate of drug-likeness (QED) is 0.754. The Kier molecular flexibility index (Phi) is 4.02. The predicted molar refractivity (Wildman–Crippen MR) is 108 cm³/mol. The van der Waals surface area contributed by atoms with E-state index in [2.05, 4.69) is 5.32 Å². The molecule has 0 saturated carbocycles. The Morgan fingerprint density at radius 2 is 1.89 bits per heavy atom. The molecular formula is C23H27NO4. The van der Waals surface area contributed by atoms with Gasteiger partial charge in [-0.25, -0.2) is 0 Å². The summed E-state index contributed by atoms with van der Waals surface area (Å²) in [7, 11) is 0. The van der Waals surface area contributed by atoms with Gasteiger partial charge in [-0.15, -0.1) is 0 Å². The third kappa shape index (κ3) is 2.94. The molecule has 5 nitrogen and oxygen atoms in total. The first-order valence-electron chi connectivity index (χ1n) is 9.71. The van der Waals surface area contributed by atoms with Gasteiger partial charge in [0.2, 0.25) is 5.91 Å². The van der Waals surface area contributed by atoms with Crippen LogP contribution >= 0.6 is 0 Å². The van der Waals surface area contributed by atoms with Crippen LogP contribution in [-0.4, -0.2) is 27.3 Å². The maximum atomic E-state index is 13.3. The number of amides is 1.